The summed E-state index contributed by atoms with van der Waals surface area (Å²) < 4.78 is 5.37. The number of aromatic nitrogens is 2. The van der Waals surface area contributed by atoms with Crippen molar-refractivity contribution in [2.24, 2.45) is 0 Å². The van der Waals surface area contributed by atoms with Gasteiger partial charge < -0.3 is 9.84 Å². The molecule has 1 aliphatic heterocycles. The highest BCUT2D eigenvalue weighted by Gasteiger charge is 2.39. The van der Waals surface area contributed by atoms with Gasteiger partial charge in [0.2, 0.25) is 0 Å². The van der Waals surface area contributed by atoms with E-state index in [4.69, 9.17) is 10.1 Å². The number of aromatic hydroxyl groups is 1. The second kappa shape index (κ2) is 7.37. The van der Waals surface area contributed by atoms with Gasteiger partial charge >= 0.3 is 0 Å². The average Bonchev–Trinajstić information content (AvgIpc) is 3.15. The van der Waals surface area contributed by atoms with Gasteiger partial charge in [-0.15, -0.1) is 21.5 Å². The molecule has 130 valence electrons. The number of nitrogens with zero attached hydrogens (tertiary/aromatic N) is 2. The van der Waals surface area contributed by atoms with Gasteiger partial charge in [-0.2, -0.15) is 0 Å². The van der Waals surface area contributed by atoms with Crippen molar-refractivity contribution >= 4 is 40.0 Å². The number of Topliss-reactive ketones (excluding diaryl/α,β-unsaturated/α-hetero) is 1. The van der Waals surface area contributed by atoms with Gasteiger partial charge in [-0.1, -0.05) is 24.8 Å². The number of hydrogen-bond donors (Lipinski definition) is 2. The van der Waals surface area contributed by atoms with E-state index < -0.39 is 5.92 Å². The van der Waals surface area contributed by atoms with Gasteiger partial charge in [0, 0.05) is 0 Å². The number of ether oxygens (including phenoxy) is 1. The summed E-state index contributed by atoms with van der Waals surface area (Å²) in [5.41, 5.74) is 0.733. The summed E-state index contributed by atoms with van der Waals surface area (Å²) in [6, 6.07) is 4.91. The number of rotatable bonds is 5. The minimum absolute atomic E-state index is 0.0565. The molecule has 0 bridgehead atoms. The molecule has 1 aliphatic rings. The maximum absolute atomic E-state index is 12.7. The predicted molar refractivity (Wildman–Crippen MR) is 99.6 cm³/mol. The number of thioether (sulfide) groups is 1. The van der Waals surface area contributed by atoms with Gasteiger partial charge in [0.25, 0.3) is 0 Å². The Labute approximate surface area is 153 Å². The zero-order valence-corrected chi connectivity index (χ0v) is 15.4. The van der Waals surface area contributed by atoms with Crippen molar-refractivity contribution < 1.29 is 14.6 Å². The average molecular weight is 375 g/mol. The largest absolute Gasteiger partial charge is 0.504 e. The van der Waals surface area contributed by atoms with Crippen molar-refractivity contribution in [3.8, 4) is 11.5 Å². The number of aryl methyl sites for hydroxylation is 1. The van der Waals surface area contributed by atoms with Crippen LogP contribution in [0.3, 0.4) is 0 Å². The van der Waals surface area contributed by atoms with Crippen LogP contribution in [0.25, 0.3) is 6.08 Å². The van der Waals surface area contributed by atoms with E-state index in [1.54, 1.807) is 18.2 Å². The first-order chi connectivity index (χ1) is 12.0. The SMILES string of the molecule is CCOc1cc(/C=C2\SC(=N)[C@@H](c3nnc(CC)s3)C2=O)ccc1O. The number of ketones is 1. The molecule has 0 spiro atoms. The molecule has 0 amide bonds. The van der Waals surface area contributed by atoms with Gasteiger partial charge in [-0.3, -0.25) is 10.2 Å². The summed E-state index contributed by atoms with van der Waals surface area (Å²) in [4.78, 5) is 13.2. The Bertz CT molecular complexity index is 861. The molecule has 0 aliphatic carbocycles. The number of allylic oxidation sites excluding steroid dienone is 1. The lowest BCUT2D eigenvalue weighted by Crippen LogP contribution is -2.11. The zero-order chi connectivity index (χ0) is 18.0. The molecule has 0 radical (unpaired) electrons. The van der Waals surface area contributed by atoms with Gasteiger partial charge in [0.15, 0.2) is 17.3 Å². The van der Waals surface area contributed by atoms with Crippen LogP contribution in [-0.2, 0) is 11.2 Å². The lowest BCUT2D eigenvalue weighted by Gasteiger charge is -2.06. The highest BCUT2D eigenvalue weighted by Crippen LogP contribution is 2.42. The summed E-state index contributed by atoms with van der Waals surface area (Å²) >= 11 is 2.52. The number of phenolic OH excluding ortho intramolecular Hbond substituents is 1. The third kappa shape index (κ3) is 3.59. The Morgan fingerprint density at radius 2 is 2.16 bits per heavy atom. The van der Waals surface area contributed by atoms with E-state index in [2.05, 4.69) is 10.2 Å². The van der Waals surface area contributed by atoms with Crippen LogP contribution in [-0.4, -0.2) is 32.7 Å². The van der Waals surface area contributed by atoms with Crippen LogP contribution in [0.2, 0.25) is 0 Å². The fourth-order valence-corrected chi connectivity index (χ4v) is 4.34. The number of nitrogens with one attached hydrogen (secondary N) is 1. The summed E-state index contributed by atoms with van der Waals surface area (Å²) in [6.07, 6.45) is 2.47. The first kappa shape index (κ1) is 17.6. The van der Waals surface area contributed by atoms with Crippen LogP contribution in [0, 0.1) is 5.41 Å². The molecule has 25 heavy (non-hydrogen) atoms. The Morgan fingerprint density at radius 1 is 1.36 bits per heavy atom. The minimum atomic E-state index is -0.655. The second-order valence-electron chi connectivity index (χ2n) is 5.32. The number of phenols is 1. The minimum Gasteiger partial charge on any atom is -0.504 e. The smallest absolute Gasteiger partial charge is 0.186 e. The van der Waals surface area contributed by atoms with Crippen molar-refractivity contribution in [3.63, 3.8) is 0 Å². The molecule has 0 saturated carbocycles. The first-order valence-corrected chi connectivity index (χ1v) is 9.47. The number of carbonyl (C=O) groups is 1. The summed E-state index contributed by atoms with van der Waals surface area (Å²) in [7, 11) is 0. The van der Waals surface area contributed by atoms with Crippen molar-refractivity contribution in [1.82, 2.24) is 10.2 Å². The van der Waals surface area contributed by atoms with Crippen molar-refractivity contribution in [2.75, 3.05) is 6.61 Å². The van der Waals surface area contributed by atoms with Crippen LogP contribution in [0.15, 0.2) is 23.1 Å². The summed E-state index contributed by atoms with van der Waals surface area (Å²) in [5.74, 6) is -0.367. The van der Waals surface area contributed by atoms with E-state index in [0.29, 0.717) is 22.3 Å². The highest BCUT2D eigenvalue weighted by molar-refractivity contribution is 8.19. The molecule has 2 N–H and O–H groups in total. The van der Waals surface area contributed by atoms with Crippen LogP contribution < -0.4 is 4.74 Å². The second-order valence-corrected chi connectivity index (χ2v) is 7.50. The fourth-order valence-electron chi connectivity index (χ4n) is 2.38. The predicted octanol–water partition coefficient (Wildman–Crippen LogP) is 3.62. The van der Waals surface area contributed by atoms with Gasteiger partial charge in [0.05, 0.1) is 16.6 Å². The zero-order valence-electron chi connectivity index (χ0n) is 13.8. The topological polar surface area (TPSA) is 96.2 Å². The maximum atomic E-state index is 12.7. The molecule has 1 aromatic carbocycles. The molecular formula is C17H17N3O3S2. The first-order valence-electron chi connectivity index (χ1n) is 7.83. The molecule has 3 rings (SSSR count). The molecule has 8 heteroatoms. The van der Waals surface area contributed by atoms with Gasteiger partial charge in [-0.25, -0.2) is 0 Å². The third-order valence-corrected chi connectivity index (χ3v) is 5.73. The van der Waals surface area contributed by atoms with Crippen LogP contribution in [0.5, 0.6) is 11.5 Å². The Kier molecular flexibility index (Phi) is 5.19. The summed E-state index contributed by atoms with van der Waals surface area (Å²) in [6.45, 7) is 4.25. The Hall–Kier alpha value is -2.19. The Balaban J connectivity index is 1.89. The lowest BCUT2D eigenvalue weighted by molar-refractivity contribution is -0.114. The van der Waals surface area contributed by atoms with E-state index >= 15 is 0 Å². The number of carbonyl (C=O) groups excluding carboxylic acids is 1. The molecule has 1 fully saturated rings. The molecule has 2 aromatic rings. The van der Waals surface area contributed by atoms with Crippen molar-refractivity contribution in [1.29, 1.82) is 5.41 Å². The molecule has 1 atom stereocenters. The van der Waals surface area contributed by atoms with E-state index in [1.165, 1.54) is 17.4 Å². The monoisotopic (exact) mass is 375 g/mol. The lowest BCUT2D eigenvalue weighted by atomic mass is 10.1. The Morgan fingerprint density at radius 3 is 2.84 bits per heavy atom. The number of hydrogen-bond acceptors (Lipinski definition) is 8. The van der Waals surface area contributed by atoms with Crippen LogP contribution in [0.4, 0.5) is 0 Å². The molecule has 2 heterocycles. The molecule has 1 saturated heterocycles. The maximum Gasteiger partial charge on any atom is 0.186 e. The normalized spacial score (nSPS) is 19.0. The van der Waals surface area contributed by atoms with E-state index in [0.717, 1.165) is 28.8 Å². The number of benzene rings is 1. The standard InChI is InChI=1S/C17H17N3O3S2/c1-3-13-19-20-17(25-13)14-15(22)12(24-16(14)18)8-9-5-6-10(21)11(7-9)23-4-2/h5-8,14,18,21H,3-4H2,1-2H3/b12-8-,18-16?/t14-/m0/s1. The van der Waals surface area contributed by atoms with E-state index in [1.807, 2.05) is 13.8 Å². The van der Waals surface area contributed by atoms with Crippen molar-refractivity contribution in [2.45, 2.75) is 26.2 Å². The van der Waals surface area contributed by atoms with Crippen LogP contribution in [0.1, 0.15) is 35.3 Å². The van der Waals surface area contributed by atoms with Crippen LogP contribution >= 0.6 is 23.1 Å². The van der Waals surface area contributed by atoms with E-state index in [9.17, 15) is 9.90 Å². The fraction of sp³-hybridized carbons (Fsp3) is 0.294. The molecule has 0 unspecified atom stereocenters. The molecular weight excluding hydrogens is 358 g/mol. The summed E-state index contributed by atoms with van der Waals surface area (Å²) in [5, 5.41) is 27.7. The van der Waals surface area contributed by atoms with Crippen molar-refractivity contribution in [3.05, 3.63) is 38.7 Å². The van der Waals surface area contributed by atoms with E-state index in [-0.39, 0.29) is 16.6 Å². The quantitative estimate of drug-likeness (QED) is 0.775. The third-order valence-electron chi connectivity index (χ3n) is 3.60. The molecule has 6 nitrogen and oxygen atoms in total. The highest BCUT2D eigenvalue weighted by atomic mass is 32.2. The molecule has 1 aromatic heterocycles. The van der Waals surface area contributed by atoms with Gasteiger partial charge in [-0.05, 0) is 37.1 Å². The van der Waals surface area contributed by atoms with Gasteiger partial charge in [0.1, 0.15) is 15.9 Å².